The normalized spacial score (nSPS) is 12.1. The number of aryl methyl sites for hydroxylation is 1. The Morgan fingerprint density at radius 2 is 2.07 bits per heavy atom. The SMILES string of the molecule is Cn1c(=O)oc2cc(S(=O)(=O)O)ccc21. The van der Waals surface area contributed by atoms with Crippen molar-refractivity contribution in [2.24, 2.45) is 7.05 Å². The van der Waals surface area contributed by atoms with Crippen LogP contribution >= 0.6 is 0 Å². The number of hydrogen-bond donors (Lipinski definition) is 1. The van der Waals surface area contributed by atoms with Gasteiger partial charge >= 0.3 is 5.76 Å². The van der Waals surface area contributed by atoms with Gasteiger partial charge in [-0.15, -0.1) is 0 Å². The molecule has 0 spiro atoms. The quantitative estimate of drug-likeness (QED) is 0.714. The molecule has 0 saturated heterocycles. The summed E-state index contributed by atoms with van der Waals surface area (Å²) in [5.41, 5.74) is 0.588. The Kier molecular flexibility index (Phi) is 1.95. The van der Waals surface area contributed by atoms with E-state index in [9.17, 15) is 13.2 Å². The van der Waals surface area contributed by atoms with Crippen LogP contribution < -0.4 is 5.76 Å². The fourth-order valence-electron chi connectivity index (χ4n) is 1.27. The average molecular weight is 229 g/mol. The summed E-state index contributed by atoms with van der Waals surface area (Å²) < 4.78 is 36.4. The Labute approximate surface area is 84.5 Å². The van der Waals surface area contributed by atoms with E-state index in [1.54, 1.807) is 0 Å². The minimum absolute atomic E-state index is 0.123. The van der Waals surface area contributed by atoms with Gasteiger partial charge in [-0.25, -0.2) is 4.79 Å². The molecule has 2 aromatic rings. The largest absolute Gasteiger partial charge is 0.419 e. The molecule has 80 valence electrons. The lowest BCUT2D eigenvalue weighted by Crippen LogP contribution is -2.08. The molecule has 0 unspecified atom stereocenters. The highest BCUT2D eigenvalue weighted by Crippen LogP contribution is 2.17. The summed E-state index contributed by atoms with van der Waals surface area (Å²) in [6.07, 6.45) is 0. The molecule has 0 atom stereocenters. The maximum Gasteiger partial charge on any atom is 0.419 e. The second kappa shape index (κ2) is 2.94. The minimum Gasteiger partial charge on any atom is -0.408 e. The molecule has 1 aromatic heterocycles. The van der Waals surface area contributed by atoms with Crippen molar-refractivity contribution in [3.63, 3.8) is 0 Å². The molecular formula is C8H7NO5S. The van der Waals surface area contributed by atoms with E-state index in [0.717, 1.165) is 6.07 Å². The highest BCUT2D eigenvalue weighted by molar-refractivity contribution is 7.85. The van der Waals surface area contributed by atoms with E-state index in [1.165, 1.54) is 23.7 Å². The number of rotatable bonds is 1. The summed E-state index contributed by atoms with van der Waals surface area (Å²) in [4.78, 5) is 10.8. The Morgan fingerprint density at radius 1 is 1.40 bits per heavy atom. The van der Waals surface area contributed by atoms with Gasteiger partial charge in [0.05, 0.1) is 10.4 Å². The fourth-order valence-corrected chi connectivity index (χ4v) is 1.77. The summed E-state index contributed by atoms with van der Waals surface area (Å²) in [6.45, 7) is 0. The Hall–Kier alpha value is -1.60. The summed E-state index contributed by atoms with van der Waals surface area (Å²) >= 11 is 0. The van der Waals surface area contributed by atoms with Gasteiger partial charge in [0.1, 0.15) is 0 Å². The van der Waals surface area contributed by atoms with Crippen molar-refractivity contribution in [1.29, 1.82) is 0 Å². The molecule has 0 aliphatic carbocycles. The lowest BCUT2D eigenvalue weighted by Gasteiger charge is -1.95. The summed E-state index contributed by atoms with van der Waals surface area (Å²) in [6, 6.07) is 3.70. The molecular weight excluding hydrogens is 222 g/mol. The molecule has 6 nitrogen and oxygen atoms in total. The van der Waals surface area contributed by atoms with E-state index < -0.39 is 15.9 Å². The molecule has 0 saturated carbocycles. The summed E-state index contributed by atoms with van der Waals surface area (Å²) in [7, 11) is -2.77. The third-order valence-electron chi connectivity index (χ3n) is 2.06. The van der Waals surface area contributed by atoms with E-state index in [-0.39, 0.29) is 10.5 Å². The first-order valence-corrected chi connectivity index (χ1v) is 5.40. The number of benzene rings is 1. The first-order valence-electron chi connectivity index (χ1n) is 3.96. The van der Waals surface area contributed by atoms with Crippen molar-refractivity contribution in [1.82, 2.24) is 4.57 Å². The third-order valence-corrected chi connectivity index (χ3v) is 2.91. The maximum atomic E-state index is 11.1. The molecule has 0 fully saturated rings. The first kappa shape index (κ1) is 9.94. The maximum absolute atomic E-state index is 11.1. The van der Waals surface area contributed by atoms with E-state index in [1.807, 2.05) is 0 Å². The predicted octanol–water partition coefficient (Wildman–Crippen LogP) is 0.378. The number of hydrogen-bond acceptors (Lipinski definition) is 4. The Morgan fingerprint density at radius 3 is 2.67 bits per heavy atom. The molecule has 1 N–H and O–H groups in total. The van der Waals surface area contributed by atoms with Crippen LogP contribution in [0.5, 0.6) is 0 Å². The summed E-state index contributed by atoms with van der Waals surface area (Å²) in [5, 5.41) is 0. The molecule has 0 amide bonds. The lowest BCUT2D eigenvalue weighted by atomic mass is 10.3. The molecule has 0 aliphatic heterocycles. The van der Waals surface area contributed by atoms with Crippen molar-refractivity contribution < 1.29 is 17.4 Å². The second-order valence-corrected chi connectivity index (χ2v) is 4.45. The molecule has 2 rings (SSSR count). The van der Waals surface area contributed by atoms with Gasteiger partial charge in [0.2, 0.25) is 0 Å². The molecule has 7 heteroatoms. The monoisotopic (exact) mass is 229 g/mol. The Balaban J connectivity index is 2.84. The second-order valence-electron chi connectivity index (χ2n) is 3.03. The van der Waals surface area contributed by atoms with Gasteiger partial charge < -0.3 is 4.42 Å². The van der Waals surface area contributed by atoms with Crippen LogP contribution in [0.4, 0.5) is 0 Å². The van der Waals surface area contributed by atoms with Crippen molar-refractivity contribution in [2.75, 3.05) is 0 Å². The van der Waals surface area contributed by atoms with Crippen LogP contribution in [0, 0.1) is 0 Å². The van der Waals surface area contributed by atoms with Crippen LogP contribution in [-0.4, -0.2) is 17.5 Å². The number of fused-ring (bicyclic) bond motifs is 1. The standard InChI is InChI=1S/C8H7NO5S/c1-9-6-3-2-5(15(11,12)13)4-7(6)14-8(9)10/h2-4H,1H3,(H,11,12,13). The zero-order valence-corrected chi connectivity index (χ0v) is 8.48. The van der Waals surface area contributed by atoms with E-state index in [4.69, 9.17) is 8.97 Å². The third kappa shape index (κ3) is 1.55. The van der Waals surface area contributed by atoms with Gasteiger partial charge in [0.15, 0.2) is 5.58 Å². The van der Waals surface area contributed by atoms with Gasteiger partial charge in [-0.1, -0.05) is 0 Å². The van der Waals surface area contributed by atoms with Crippen LogP contribution in [0.3, 0.4) is 0 Å². The molecule has 0 bridgehead atoms. The van der Waals surface area contributed by atoms with Crippen LogP contribution in [0.2, 0.25) is 0 Å². The van der Waals surface area contributed by atoms with Gasteiger partial charge in [-0.05, 0) is 12.1 Å². The average Bonchev–Trinajstić information content (AvgIpc) is 2.41. The number of aromatic nitrogens is 1. The number of oxazole rings is 1. The molecule has 0 aliphatic rings. The van der Waals surface area contributed by atoms with Crippen LogP contribution in [0.1, 0.15) is 0 Å². The lowest BCUT2D eigenvalue weighted by molar-refractivity contribution is 0.482. The highest BCUT2D eigenvalue weighted by atomic mass is 32.2. The van der Waals surface area contributed by atoms with Crippen molar-refractivity contribution in [2.45, 2.75) is 4.90 Å². The minimum atomic E-state index is -4.27. The van der Waals surface area contributed by atoms with E-state index in [2.05, 4.69) is 0 Å². The fraction of sp³-hybridized carbons (Fsp3) is 0.125. The van der Waals surface area contributed by atoms with E-state index in [0.29, 0.717) is 5.52 Å². The Bertz CT molecular complexity index is 679. The van der Waals surface area contributed by atoms with Gasteiger partial charge in [-0.2, -0.15) is 8.42 Å². The van der Waals surface area contributed by atoms with Crippen molar-refractivity contribution in [3.8, 4) is 0 Å². The molecule has 1 aromatic carbocycles. The van der Waals surface area contributed by atoms with E-state index >= 15 is 0 Å². The number of nitrogens with zero attached hydrogens (tertiary/aromatic N) is 1. The summed E-state index contributed by atoms with van der Waals surface area (Å²) in [5.74, 6) is -0.586. The van der Waals surface area contributed by atoms with Gasteiger partial charge in [0, 0.05) is 13.1 Å². The van der Waals surface area contributed by atoms with Gasteiger partial charge in [0.25, 0.3) is 10.1 Å². The van der Waals surface area contributed by atoms with Crippen LogP contribution in [-0.2, 0) is 17.2 Å². The highest BCUT2D eigenvalue weighted by Gasteiger charge is 2.13. The molecule has 0 radical (unpaired) electrons. The molecule has 15 heavy (non-hydrogen) atoms. The smallest absolute Gasteiger partial charge is 0.408 e. The zero-order valence-electron chi connectivity index (χ0n) is 7.67. The topological polar surface area (TPSA) is 89.5 Å². The van der Waals surface area contributed by atoms with Crippen molar-refractivity contribution in [3.05, 3.63) is 28.7 Å². The predicted molar refractivity (Wildman–Crippen MR) is 51.3 cm³/mol. The zero-order chi connectivity index (χ0) is 11.2. The van der Waals surface area contributed by atoms with Crippen LogP contribution in [0.25, 0.3) is 11.1 Å². The molecule has 1 heterocycles. The first-order chi connectivity index (χ1) is 6.89. The van der Waals surface area contributed by atoms with Crippen molar-refractivity contribution >= 4 is 21.2 Å². The van der Waals surface area contributed by atoms with Gasteiger partial charge in [-0.3, -0.25) is 9.12 Å². The van der Waals surface area contributed by atoms with Crippen LogP contribution in [0.15, 0.2) is 32.3 Å².